The summed E-state index contributed by atoms with van der Waals surface area (Å²) in [6, 6.07) is 3.75. The van der Waals surface area contributed by atoms with Crippen molar-refractivity contribution in [3.8, 4) is 11.8 Å². The molecule has 0 fully saturated rings. The van der Waals surface area contributed by atoms with E-state index in [1.165, 1.54) is 7.11 Å². The normalized spacial score (nSPS) is 8.21. The molecular formula is C10H14N2OS. The van der Waals surface area contributed by atoms with Gasteiger partial charge in [0.2, 0.25) is 0 Å². The first-order chi connectivity index (χ1) is 6.81. The molecule has 0 aromatic carbocycles. The predicted molar refractivity (Wildman–Crippen MR) is 58.6 cm³/mol. The molecule has 0 aliphatic heterocycles. The molecule has 1 aromatic rings. The number of ether oxygens (including phenoxy) is 1. The summed E-state index contributed by atoms with van der Waals surface area (Å²) >= 11 is 1.57. The second kappa shape index (κ2) is 7.22. The van der Waals surface area contributed by atoms with Crippen LogP contribution in [-0.2, 0) is 0 Å². The Hall–Kier alpha value is -1.21. The second-order valence-corrected chi connectivity index (χ2v) is 2.92. The van der Waals surface area contributed by atoms with Crippen molar-refractivity contribution >= 4 is 11.8 Å². The van der Waals surface area contributed by atoms with E-state index in [0.29, 0.717) is 11.4 Å². The summed E-state index contributed by atoms with van der Waals surface area (Å²) in [5.74, 6) is 0.532. The fourth-order valence-corrected chi connectivity index (χ4v) is 1.16. The zero-order valence-corrected chi connectivity index (χ0v) is 9.68. The zero-order chi connectivity index (χ0) is 11.0. The number of hydrogen-bond donors (Lipinski definition) is 0. The number of methoxy groups -OCH3 is 1. The molecule has 0 N–H and O–H groups in total. The number of aromatic nitrogens is 1. The summed E-state index contributed by atoms with van der Waals surface area (Å²) in [5.41, 5.74) is 0.329. The highest BCUT2D eigenvalue weighted by Crippen LogP contribution is 2.21. The Kier molecular flexibility index (Phi) is 6.59. The van der Waals surface area contributed by atoms with Gasteiger partial charge in [-0.3, -0.25) is 0 Å². The summed E-state index contributed by atoms with van der Waals surface area (Å²) in [6.45, 7) is 4.00. The molecule has 0 atom stereocenters. The van der Waals surface area contributed by atoms with Gasteiger partial charge in [0.1, 0.15) is 6.07 Å². The Morgan fingerprint density at radius 3 is 2.57 bits per heavy atom. The van der Waals surface area contributed by atoms with Crippen LogP contribution in [0.15, 0.2) is 17.2 Å². The standard InChI is InChI=1S/C8H8N2OS.C2H6/c1-11-8-3-6(12-2)5-10-7(8)4-9;1-2/h3,5H,1-2H3;1-2H3. The Balaban J connectivity index is 0.000000791. The fraction of sp³-hybridized carbons (Fsp3) is 0.400. The van der Waals surface area contributed by atoms with Crippen LogP contribution < -0.4 is 4.74 Å². The Morgan fingerprint density at radius 1 is 1.50 bits per heavy atom. The fourth-order valence-electron chi connectivity index (χ4n) is 0.778. The lowest BCUT2D eigenvalue weighted by atomic mass is 10.3. The lowest BCUT2D eigenvalue weighted by Gasteiger charge is -2.02. The Labute approximate surface area is 89.1 Å². The van der Waals surface area contributed by atoms with Gasteiger partial charge in [0.25, 0.3) is 0 Å². The van der Waals surface area contributed by atoms with E-state index in [-0.39, 0.29) is 0 Å². The summed E-state index contributed by atoms with van der Waals surface area (Å²) in [7, 11) is 1.53. The van der Waals surface area contributed by atoms with E-state index in [4.69, 9.17) is 10.00 Å². The first kappa shape index (κ1) is 12.8. The highest BCUT2D eigenvalue weighted by molar-refractivity contribution is 7.98. The molecule has 4 heteroatoms. The number of nitrogens with zero attached hydrogens (tertiary/aromatic N) is 2. The summed E-state index contributed by atoms with van der Waals surface area (Å²) < 4.78 is 4.98. The predicted octanol–water partition coefficient (Wildman–Crippen LogP) is 2.71. The highest BCUT2D eigenvalue weighted by Gasteiger charge is 2.03. The molecule has 0 saturated carbocycles. The van der Waals surface area contributed by atoms with Crippen LogP contribution in [0.4, 0.5) is 0 Å². The monoisotopic (exact) mass is 210 g/mol. The highest BCUT2D eigenvalue weighted by atomic mass is 32.2. The molecule has 0 saturated heterocycles. The van der Waals surface area contributed by atoms with Crippen molar-refractivity contribution in [2.75, 3.05) is 13.4 Å². The summed E-state index contributed by atoms with van der Waals surface area (Å²) in [4.78, 5) is 4.92. The van der Waals surface area contributed by atoms with Gasteiger partial charge in [0, 0.05) is 11.1 Å². The van der Waals surface area contributed by atoms with Crippen LogP contribution in [0.3, 0.4) is 0 Å². The number of rotatable bonds is 2. The second-order valence-electron chi connectivity index (χ2n) is 2.04. The molecule has 1 heterocycles. The minimum absolute atomic E-state index is 0.329. The molecule has 1 rings (SSSR count). The Morgan fingerprint density at radius 2 is 2.14 bits per heavy atom. The SMILES string of the molecule is CC.COc1cc(SC)cnc1C#N. The quantitative estimate of drug-likeness (QED) is 0.704. The minimum Gasteiger partial charge on any atom is -0.494 e. The van der Waals surface area contributed by atoms with E-state index in [0.717, 1.165) is 4.90 Å². The number of thioether (sulfide) groups is 1. The molecular weight excluding hydrogens is 196 g/mol. The van der Waals surface area contributed by atoms with Crippen molar-refractivity contribution in [3.63, 3.8) is 0 Å². The van der Waals surface area contributed by atoms with Crippen LogP contribution in [0.2, 0.25) is 0 Å². The maximum atomic E-state index is 8.61. The van der Waals surface area contributed by atoms with Crippen molar-refractivity contribution < 1.29 is 4.74 Å². The topological polar surface area (TPSA) is 45.9 Å². The average Bonchev–Trinajstić information content (AvgIpc) is 2.30. The van der Waals surface area contributed by atoms with Crippen LogP contribution in [0.25, 0.3) is 0 Å². The maximum Gasteiger partial charge on any atom is 0.182 e. The molecule has 14 heavy (non-hydrogen) atoms. The average molecular weight is 210 g/mol. The first-order valence-corrected chi connectivity index (χ1v) is 5.52. The number of nitriles is 1. The third-order valence-corrected chi connectivity index (χ3v) is 2.08. The van der Waals surface area contributed by atoms with Gasteiger partial charge in [-0.15, -0.1) is 11.8 Å². The van der Waals surface area contributed by atoms with E-state index < -0.39 is 0 Å². The van der Waals surface area contributed by atoms with Crippen LogP contribution >= 0.6 is 11.8 Å². The lowest BCUT2D eigenvalue weighted by Crippen LogP contribution is -1.91. The van der Waals surface area contributed by atoms with Crippen molar-refractivity contribution in [1.82, 2.24) is 4.98 Å². The van der Waals surface area contributed by atoms with Gasteiger partial charge in [-0.05, 0) is 12.3 Å². The molecule has 0 unspecified atom stereocenters. The van der Waals surface area contributed by atoms with Crippen molar-refractivity contribution in [2.24, 2.45) is 0 Å². The first-order valence-electron chi connectivity index (χ1n) is 4.30. The maximum absolute atomic E-state index is 8.61. The number of hydrogen-bond acceptors (Lipinski definition) is 4. The Bertz CT molecular complexity index is 320. The minimum atomic E-state index is 0.329. The van der Waals surface area contributed by atoms with Crippen molar-refractivity contribution in [2.45, 2.75) is 18.7 Å². The molecule has 0 bridgehead atoms. The van der Waals surface area contributed by atoms with Crippen LogP contribution in [0.1, 0.15) is 19.5 Å². The van der Waals surface area contributed by atoms with Crippen molar-refractivity contribution in [1.29, 1.82) is 5.26 Å². The zero-order valence-electron chi connectivity index (χ0n) is 8.87. The van der Waals surface area contributed by atoms with E-state index in [1.807, 2.05) is 26.2 Å². The van der Waals surface area contributed by atoms with E-state index in [1.54, 1.807) is 24.0 Å². The van der Waals surface area contributed by atoms with Crippen LogP contribution in [0, 0.1) is 11.3 Å². The lowest BCUT2D eigenvalue weighted by molar-refractivity contribution is 0.410. The number of pyridine rings is 1. The molecule has 0 radical (unpaired) electrons. The largest absolute Gasteiger partial charge is 0.494 e. The van der Waals surface area contributed by atoms with Crippen LogP contribution in [0.5, 0.6) is 5.75 Å². The molecule has 0 aliphatic rings. The van der Waals surface area contributed by atoms with Gasteiger partial charge in [-0.25, -0.2) is 4.98 Å². The van der Waals surface area contributed by atoms with E-state index >= 15 is 0 Å². The van der Waals surface area contributed by atoms with Gasteiger partial charge >= 0.3 is 0 Å². The summed E-state index contributed by atoms with van der Waals surface area (Å²) in [5, 5.41) is 8.61. The third-order valence-electron chi connectivity index (χ3n) is 1.39. The molecule has 76 valence electrons. The van der Waals surface area contributed by atoms with E-state index in [2.05, 4.69) is 4.98 Å². The van der Waals surface area contributed by atoms with Gasteiger partial charge in [0.05, 0.1) is 7.11 Å². The van der Waals surface area contributed by atoms with Gasteiger partial charge in [-0.2, -0.15) is 5.26 Å². The van der Waals surface area contributed by atoms with Gasteiger partial charge in [0.15, 0.2) is 11.4 Å². The molecule has 3 nitrogen and oxygen atoms in total. The smallest absolute Gasteiger partial charge is 0.182 e. The molecule has 0 amide bonds. The van der Waals surface area contributed by atoms with Gasteiger partial charge < -0.3 is 4.74 Å². The molecule has 0 spiro atoms. The van der Waals surface area contributed by atoms with Crippen LogP contribution in [-0.4, -0.2) is 18.3 Å². The summed E-state index contributed by atoms with van der Waals surface area (Å²) in [6.07, 6.45) is 3.61. The molecule has 0 aliphatic carbocycles. The molecule has 1 aromatic heterocycles. The third kappa shape index (κ3) is 3.27. The van der Waals surface area contributed by atoms with Gasteiger partial charge in [-0.1, -0.05) is 13.8 Å². The van der Waals surface area contributed by atoms with E-state index in [9.17, 15) is 0 Å². The van der Waals surface area contributed by atoms with Crippen molar-refractivity contribution in [3.05, 3.63) is 18.0 Å².